The Morgan fingerprint density at radius 3 is 2.71 bits per heavy atom. The Hall–Kier alpha value is -0.510. The number of hydrogen-bond donors (Lipinski definition) is 2. The molecule has 0 saturated heterocycles. The van der Waals surface area contributed by atoms with Gasteiger partial charge in [-0.1, -0.05) is 0 Å². The maximum atomic E-state index is 6.95. The lowest BCUT2D eigenvalue weighted by Gasteiger charge is -1.80. The lowest BCUT2D eigenvalue weighted by Crippen LogP contribution is -2.01. The number of nitrogens with zero attached hydrogens (tertiary/aromatic N) is 1. The van der Waals surface area contributed by atoms with Gasteiger partial charge in [0.15, 0.2) is 5.17 Å². The molecule has 1 rings (SSSR count). The van der Waals surface area contributed by atoms with E-state index >= 15 is 0 Å². The normalized spacial score (nSPS) is 20.0. The van der Waals surface area contributed by atoms with E-state index in [9.17, 15) is 0 Å². The highest BCUT2D eigenvalue weighted by molar-refractivity contribution is 8.26. The number of rotatable bonds is 0. The first kappa shape index (κ1) is 4.64. The molecule has 0 unspecified atom stereocenters. The van der Waals surface area contributed by atoms with Crippen LogP contribution in [0.1, 0.15) is 0 Å². The third-order valence-electron chi connectivity index (χ3n) is 0.606. The Balaban J connectivity index is 2.58. The molecule has 0 bridgehead atoms. The van der Waals surface area contributed by atoms with Crippen LogP contribution in [0, 0.1) is 5.41 Å². The predicted octanol–water partition coefficient (Wildman–Crippen LogP) is 0.0252. The van der Waals surface area contributed by atoms with Crippen molar-refractivity contribution in [2.75, 3.05) is 6.54 Å². The fourth-order valence-electron chi connectivity index (χ4n) is 0.340. The molecule has 3 nitrogen and oxygen atoms in total. The first-order chi connectivity index (χ1) is 3.29. The molecule has 0 fully saturated rings. The maximum Gasteiger partial charge on any atom is 0.160 e. The molecule has 1 aliphatic heterocycles. The largest absolute Gasteiger partial charge is 0.378 e. The molecule has 7 heavy (non-hydrogen) atoms. The summed E-state index contributed by atoms with van der Waals surface area (Å²) in [6.45, 7) is 0.483. The highest BCUT2D eigenvalue weighted by Gasteiger charge is 2.06. The van der Waals surface area contributed by atoms with Crippen molar-refractivity contribution >= 4 is 22.0 Å². The van der Waals surface area contributed by atoms with E-state index in [1.165, 1.54) is 11.8 Å². The van der Waals surface area contributed by atoms with Crippen LogP contribution < -0.4 is 5.73 Å². The lowest BCUT2D eigenvalue weighted by molar-refractivity contribution is 1.30. The van der Waals surface area contributed by atoms with E-state index in [1.807, 2.05) is 0 Å². The number of amidine groups is 1. The van der Waals surface area contributed by atoms with Crippen molar-refractivity contribution in [2.45, 2.75) is 0 Å². The van der Waals surface area contributed by atoms with Crippen LogP contribution in [-0.2, 0) is 0 Å². The molecule has 1 aliphatic rings. The van der Waals surface area contributed by atoms with Crippen molar-refractivity contribution < 1.29 is 0 Å². The van der Waals surface area contributed by atoms with Gasteiger partial charge in [-0.25, -0.2) is 0 Å². The number of thioether (sulfide) groups is 1. The van der Waals surface area contributed by atoms with E-state index in [1.54, 1.807) is 0 Å². The van der Waals surface area contributed by atoms with E-state index in [0.717, 1.165) is 0 Å². The summed E-state index contributed by atoms with van der Waals surface area (Å²) < 4.78 is 0. The van der Waals surface area contributed by atoms with Gasteiger partial charge in [-0.2, -0.15) is 0 Å². The van der Waals surface area contributed by atoms with Crippen molar-refractivity contribution in [2.24, 2.45) is 10.7 Å². The molecule has 0 spiro atoms. The Kier molecular flexibility index (Phi) is 1.02. The van der Waals surface area contributed by atoms with E-state index in [4.69, 9.17) is 11.1 Å². The summed E-state index contributed by atoms with van der Waals surface area (Å²) in [5.74, 6) is 0. The van der Waals surface area contributed by atoms with Gasteiger partial charge in [0.2, 0.25) is 0 Å². The number of nitrogens with two attached hydrogens (primary N) is 1. The molecule has 0 atom stereocenters. The lowest BCUT2D eigenvalue weighted by atomic mass is 10.7. The highest BCUT2D eigenvalue weighted by Crippen LogP contribution is 2.08. The summed E-state index contributed by atoms with van der Waals surface area (Å²) in [6, 6.07) is 0. The van der Waals surface area contributed by atoms with Gasteiger partial charge in [0, 0.05) is 0 Å². The second-order valence-corrected chi connectivity index (χ2v) is 2.29. The summed E-state index contributed by atoms with van der Waals surface area (Å²) in [5.41, 5.74) is 5.20. The standard InChI is InChI=1S/C3H5N3S/c4-2-1-6-3(5)7-2/h4H,1H2,(H2,5,6). The number of nitrogens with one attached hydrogen (secondary N) is 1. The van der Waals surface area contributed by atoms with Gasteiger partial charge in [0.05, 0.1) is 11.6 Å². The summed E-state index contributed by atoms with van der Waals surface area (Å²) in [7, 11) is 0. The minimum Gasteiger partial charge on any atom is -0.378 e. The van der Waals surface area contributed by atoms with Gasteiger partial charge in [-0.3, -0.25) is 10.4 Å². The summed E-state index contributed by atoms with van der Waals surface area (Å²) in [5, 5.41) is 8.01. The highest BCUT2D eigenvalue weighted by atomic mass is 32.2. The van der Waals surface area contributed by atoms with Crippen LogP contribution in [0.25, 0.3) is 0 Å². The molecular formula is C3H5N3S. The second kappa shape index (κ2) is 1.54. The quantitative estimate of drug-likeness (QED) is 0.467. The fourth-order valence-corrected chi connectivity index (χ4v) is 0.851. The van der Waals surface area contributed by atoms with Crippen LogP contribution in [0.15, 0.2) is 4.99 Å². The molecule has 1 heterocycles. The average molecular weight is 115 g/mol. The molecule has 0 radical (unpaired) electrons. The van der Waals surface area contributed by atoms with E-state index in [0.29, 0.717) is 16.8 Å². The minimum absolute atomic E-state index is 0.483. The third-order valence-corrected chi connectivity index (χ3v) is 1.32. The molecule has 0 aromatic carbocycles. The first-order valence-corrected chi connectivity index (χ1v) is 2.66. The first-order valence-electron chi connectivity index (χ1n) is 1.84. The molecule has 0 aromatic heterocycles. The maximum absolute atomic E-state index is 6.95. The zero-order chi connectivity index (χ0) is 5.28. The van der Waals surface area contributed by atoms with E-state index in [-0.39, 0.29) is 0 Å². The average Bonchev–Trinajstić information content (AvgIpc) is 1.87. The van der Waals surface area contributed by atoms with Gasteiger partial charge in [-0.05, 0) is 11.8 Å². The zero-order valence-corrected chi connectivity index (χ0v) is 4.46. The van der Waals surface area contributed by atoms with Crippen LogP contribution >= 0.6 is 11.8 Å². The topological polar surface area (TPSA) is 62.2 Å². The fraction of sp³-hybridized carbons (Fsp3) is 0.333. The molecule has 4 heteroatoms. The zero-order valence-electron chi connectivity index (χ0n) is 3.64. The minimum atomic E-state index is 0.483. The SMILES string of the molecule is N=C1CN=C(N)S1. The van der Waals surface area contributed by atoms with Gasteiger partial charge in [0.1, 0.15) is 0 Å². The molecule has 38 valence electrons. The van der Waals surface area contributed by atoms with Crippen molar-refractivity contribution in [3.63, 3.8) is 0 Å². The Bertz CT molecular complexity index is 128. The Morgan fingerprint density at radius 2 is 2.57 bits per heavy atom. The van der Waals surface area contributed by atoms with Gasteiger partial charge in [-0.15, -0.1) is 0 Å². The van der Waals surface area contributed by atoms with Crippen molar-refractivity contribution in [1.29, 1.82) is 5.41 Å². The summed E-state index contributed by atoms with van der Waals surface area (Å²) in [4.78, 5) is 3.75. The van der Waals surface area contributed by atoms with E-state index < -0.39 is 0 Å². The smallest absolute Gasteiger partial charge is 0.160 e. The van der Waals surface area contributed by atoms with Crippen molar-refractivity contribution in [3.05, 3.63) is 0 Å². The molecule has 0 saturated carbocycles. The second-order valence-electron chi connectivity index (χ2n) is 1.18. The Labute approximate surface area is 45.5 Å². The monoisotopic (exact) mass is 115 g/mol. The van der Waals surface area contributed by atoms with Crippen LogP contribution in [0.5, 0.6) is 0 Å². The molecule has 3 N–H and O–H groups in total. The predicted molar refractivity (Wildman–Crippen MR) is 31.8 cm³/mol. The summed E-state index contributed by atoms with van der Waals surface area (Å²) in [6.07, 6.45) is 0. The van der Waals surface area contributed by atoms with Gasteiger partial charge < -0.3 is 5.73 Å². The summed E-state index contributed by atoms with van der Waals surface area (Å²) >= 11 is 1.23. The Morgan fingerprint density at radius 1 is 1.86 bits per heavy atom. The molecular weight excluding hydrogens is 110 g/mol. The van der Waals surface area contributed by atoms with E-state index in [2.05, 4.69) is 4.99 Å². The number of aliphatic imine (C=N–C) groups is 1. The third kappa shape index (κ3) is 0.928. The van der Waals surface area contributed by atoms with Gasteiger partial charge >= 0.3 is 0 Å². The van der Waals surface area contributed by atoms with Crippen molar-refractivity contribution in [3.8, 4) is 0 Å². The van der Waals surface area contributed by atoms with Crippen LogP contribution in [0.4, 0.5) is 0 Å². The van der Waals surface area contributed by atoms with Crippen molar-refractivity contribution in [1.82, 2.24) is 0 Å². The number of hydrogen-bond acceptors (Lipinski definition) is 4. The van der Waals surface area contributed by atoms with Gasteiger partial charge in [0.25, 0.3) is 0 Å². The van der Waals surface area contributed by atoms with Crippen LogP contribution in [0.3, 0.4) is 0 Å². The van der Waals surface area contributed by atoms with Crippen LogP contribution in [0.2, 0.25) is 0 Å². The molecule has 0 amide bonds. The molecule has 0 aromatic rings. The molecule has 0 aliphatic carbocycles. The van der Waals surface area contributed by atoms with Crippen LogP contribution in [-0.4, -0.2) is 16.8 Å².